The van der Waals surface area contributed by atoms with E-state index in [1.165, 1.54) is 12.1 Å². The molecule has 0 fully saturated rings. The molecule has 0 radical (unpaired) electrons. The van der Waals surface area contributed by atoms with Crippen molar-refractivity contribution in [3.05, 3.63) is 18.2 Å². The molecule has 0 amide bonds. The number of anilines is 2. The lowest BCUT2D eigenvalue weighted by atomic mass is 10.2. The molecule has 6 heteroatoms. The number of hydrogen-bond donors (Lipinski definition) is 3. The lowest BCUT2D eigenvalue weighted by molar-refractivity contribution is 0.598. The standard InChI is InChI=1S/C11H19N3O2S/c1-3-4-8(2)14-11-7-9(17(13,15)16)5-6-10(11)12/h5-8,14H,3-4,12H2,1-2H3,(H2,13,15,16). The van der Waals surface area contributed by atoms with Gasteiger partial charge in [-0.1, -0.05) is 13.3 Å². The van der Waals surface area contributed by atoms with Gasteiger partial charge in [0.2, 0.25) is 10.0 Å². The van der Waals surface area contributed by atoms with Gasteiger partial charge in [0.05, 0.1) is 16.3 Å². The van der Waals surface area contributed by atoms with Crippen LogP contribution in [-0.4, -0.2) is 14.5 Å². The Bertz CT molecular complexity index is 485. The van der Waals surface area contributed by atoms with Crippen LogP contribution in [0.25, 0.3) is 0 Å². The zero-order valence-electron chi connectivity index (χ0n) is 10.1. The number of primary sulfonamides is 1. The van der Waals surface area contributed by atoms with Gasteiger partial charge < -0.3 is 11.1 Å². The second kappa shape index (κ2) is 5.37. The molecule has 17 heavy (non-hydrogen) atoms. The summed E-state index contributed by atoms with van der Waals surface area (Å²) >= 11 is 0. The van der Waals surface area contributed by atoms with Gasteiger partial charge in [0, 0.05) is 6.04 Å². The Hall–Kier alpha value is -1.27. The summed E-state index contributed by atoms with van der Waals surface area (Å²) < 4.78 is 22.4. The number of sulfonamides is 1. The van der Waals surface area contributed by atoms with Crippen molar-refractivity contribution in [2.45, 2.75) is 37.6 Å². The Morgan fingerprint density at radius 3 is 2.59 bits per heavy atom. The molecule has 0 heterocycles. The van der Waals surface area contributed by atoms with Crippen molar-refractivity contribution in [3.8, 4) is 0 Å². The topological polar surface area (TPSA) is 98.2 Å². The van der Waals surface area contributed by atoms with Crippen LogP contribution in [-0.2, 0) is 10.0 Å². The fraction of sp³-hybridized carbons (Fsp3) is 0.455. The molecule has 0 aliphatic rings. The van der Waals surface area contributed by atoms with Gasteiger partial charge in [0.25, 0.3) is 0 Å². The highest BCUT2D eigenvalue weighted by atomic mass is 32.2. The fourth-order valence-electron chi connectivity index (χ4n) is 1.61. The van der Waals surface area contributed by atoms with Crippen LogP contribution in [0.15, 0.2) is 23.1 Å². The second-order valence-corrected chi connectivity index (χ2v) is 5.69. The molecule has 0 bridgehead atoms. The highest BCUT2D eigenvalue weighted by molar-refractivity contribution is 7.89. The Balaban J connectivity index is 2.99. The Labute approximate surface area is 102 Å². The van der Waals surface area contributed by atoms with Gasteiger partial charge in [0.1, 0.15) is 0 Å². The summed E-state index contributed by atoms with van der Waals surface area (Å²) in [6.07, 6.45) is 2.03. The number of hydrogen-bond acceptors (Lipinski definition) is 4. The summed E-state index contributed by atoms with van der Waals surface area (Å²) in [5, 5.41) is 8.25. The molecule has 1 aromatic carbocycles. The molecule has 1 rings (SSSR count). The molecular formula is C11H19N3O2S. The molecule has 5 nitrogen and oxygen atoms in total. The van der Waals surface area contributed by atoms with Gasteiger partial charge >= 0.3 is 0 Å². The summed E-state index contributed by atoms with van der Waals surface area (Å²) in [6, 6.07) is 4.65. The van der Waals surface area contributed by atoms with Crippen molar-refractivity contribution in [2.24, 2.45) is 5.14 Å². The van der Waals surface area contributed by atoms with Crippen molar-refractivity contribution in [1.29, 1.82) is 0 Å². The number of rotatable bonds is 5. The molecule has 0 saturated heterocycles. The van der Waals surface area contributed by atoms with E-state index in [1.54, 1.807) is 6.07 Å². The van der Waals surface area contributed by atoms with Crippen LogP contribution >= 0.6 is 0 Å². The van der Waals surface area contributed by atoms with Crippen LogP contribution < -0.4 is 16.2 Å². The SMILES string of the molecule is CCCC(C)Nc1cc(S(N)(=O)=O)ccc1N. The van der Waals surface area contributed by atoms with E-state index in [1.807, 2.05) is 6.92 Å². The molecule has 0 saturated carbocycles. The number of nitrogens with one attached hydrogen (secondary N) is 1. The van der Waals surface area contributed by atoms with Gasteiger partial charge in [-0.25, -0.2) is 13.6 Å². The highest BCUT2D eigenvalue weighted by Gasteiger charge is 2.11. The molecule has 0 aliphatic heterocycles. The minimum atomic E-state index is -3.69. The predicted octanol–water partition coefficient (Wildman–Crippen LogP) is 1.52. The van der Waals surface area contributed by atoms with Crippen LogP contribution in [0.2, 0.25) is 0 Å². The summed E-state index contributed by atoms with van der Waals surface area (Å²) in [4.78, 5) is 0.0675. The van der Waals surface area contributed by atoms with E-state index in [-0.39, 0.29) is 10.9 Å². The lowest BCUT2D eigenvalue weighted by Crippen LogP contribution is -2.17. The molecule has 1 unspecified atom stereocenters. The quantitative estimate of drug-likeness (QED) is 0.696. The van der Waals surface area contributed by atoms with E-state index in [2.05, 4.69) is 12.2 Å². The minimum Gasteiger partial charge on any atom is -0.397 e. The van der Waals surface area contributed by atoms with Gasteiger partial charge in [-0.05, 0) is 31.5 Å². The Morgan fingerprint density at radius 2 is 2.06 bits per heavy atom. The smallest absolute Gasteiger partial charge is 0.238 e. The predicted molar refractivity (Wildman–Crippen MR) is 70.2 cm³/mol. The van der Waals surface area contributed by atoms with Gasteiger partial charge in [-0.2, -0.15) is 0 Å². The highest BCUT2D eigenvalue weighted by Crippen LogP contribution is 2.23. The lowest BCUT2D eigenvalue weighted by Gasteiger charge is -2.16. The van der Waals surface area contributed by atoms with Crippen LogP contribution in [0.5, 0.6) is 0 Å². The molecule has 96 valence electrons. The van der Waals surface area contributed by atoms with Crippen LogP contribution in [0, 0.1) is 0 Å². The molecule has 0 aromatic heterocycles. The largest absolute Gasteiger partial charge is 0.397 e. The average Bonchev–Trinajstić information content (AvgIpc) is 2.20. The molecule has 1 atom stereocenters. The summed E-state index contributed by atoms with van der Waals surface area (Å²) in [5.41, 5.74) is 6.90. The van der Waals surface area contributed by atoms with Gasteiger partial charge in [-0.3, -0.25) is 0 Å². The first-order chi connectivity index (χ1) is 7.84. The summed E-state index contributed by atoms with van der Waals surface area (Å²) in [5.74, 6) is 0. The average molecular weight is 257 g/mol. The fourth-order valence-corrected chi connectivity index (χ4v) is 2.15. The van der Waals surface area contributed by atoms with Crippen molar-refractivity contribution < 1.29 is 8.42 Å². The third kappa shape index (κ3) is 3.90. The molecule has 1 aromatic rings. The zero-order valence-corrected chi connectivity index (χ0v) is 10.9. The number of nitrogen functional groups attached to an aromatic ring is 1. The normalized spacial score (nSPS) is 13.4. The first-order valence-corrected chi connectivity index (χ1v) is 7.08. The van der Waals surface area contributed by atoms with Crippen molar-refractivity contribution in [3.63, 3.8) is 0 Å². The summed E-state index contributed by atoms with van der Waals surface area (Å²) in [6.45, 7) is 4.11. The third-order valence-electron chi connectivity index (χ3n) is 2.48. The van der Waals surface area contributed by atoms with E-state index in [0.29, 0.717) is 11.4 Å². The van der Waals surface area contributed by atoms with Gasteiger partial charge in [-0.15, -0.1) is 0 Å². The van der Waals surface area contributed by atoms with Crippen LogP contribution in [0.1, 0.15) is 26.7 Å². The van der Waals surface area contributed by atoms with Crippen molar-refractivity contribution >= 4 is 21.4 Å². The van der Waals surface area contributed by atoms with Gasteiger partial charge in [0.15, 0.2) is 0 Å². The monoisotopic (exact) mass is 257 g/mol. The zero-order chi connectivity index (χ0) is 13.1. The van der Waals surface area contributed by atoms with E-state index in [4.69, 9.17) is 10.9 Å². The molecule has 5 N–H and O–H groups in total. The van der Waals surface area contributed by atoms with E-state index < -0.39 is 10.0 Å². The van der Waals surface area contributed by atoms with Crippen molar-refractivity contribution in [2.75, 3.05) is 11.1 Å². The number of nitrogens with two attached hydrogens (primary N) is 2. The maximum absolute atomic E-state index is 11.2. The molecule has 0 aliphatic carbocycles. The van der Waals surface area contributed by atoms with E-state index >= 15 is 0 Å². The van der Waals surface area contributed by atoms with Crippen molar-refractivity contribution in [1.82, 2.24) is 0 Å². The van der Waals surface area contributed by atoms with Crippen LogP contribution in [0.3, 0.4) is 0 Å². The molecular weight excluding hydrogens is 238 g/mol. The first-order valence-electron chi connectivity index (χ1n) is 5.53. The van der Waals surface area contributed by atoms with E-state index in [0.717, 1.165) is 12.8 Å². The maximum Gasteiger partial charge on any atom is 0.238 e. The summed E-state index contributed by atoms with van der Waals surface area (Å²) in [7, 11) is -3.69. The maximum atomic E-state index is 11.2. The first kappa shape index (κ1) is 13.8. The Morgan fingerprint density at radius 1 is 1.41 bits per heavy atom. The molecule has 0 spiro atoms. The number of benzene rings is 1. The Kier molecular flexibility index (Phi) is 4.36. The van der Waals surface area contributed by atoms with Crippen LogP contribution in [0.4, 0.5) is 11.4 Å². The second-order valence-electron chi connectivity index (χ2n) is 4.13. The third-order valence-corrected chi connectivity index (χ3v) is 3.39. The van der Waals surface area contributed by atoms with E-state index in [9.17, 15) is 8.42 Å². The minimum absolute atomic E-state index is 0.0675.